The molecule has 3 N–H and O–H groups in total. The van der Waals surface area contributed by atoms with E-state index in [2.05, 4.69) is 25.5 Å². The van der Waals surface area contributed by atoms with Gasteiger partial charge in [0.25, 0.3) is 0 Å². The van der Waals surface area contributed by atoms with Crippen LogP contribution >= 0.6 is 0 Å². The van der Waals surface area contributed by atoms with E-state index < -0.39 is 15.9 Å². The van der Waals surface area contributed by atoms with E-state index >= 15 is 0 Å². The monoisotopic (exact) mass is 352 g/mol. The summed E-state index contributed by atoms with van der Waals surface area (Å²) in [6.07, 6.45) is 4.91. The zero-order chi connectivity index (χ0) is 18.0. The Kier molecular flexibility index (Phi) is 5.71. The van der Waals surface area contributed by atoms with E-state index in [9.17, 15) is 13.2 Å². The van der Waals surface area contributed by atoms with E-state index in [1.165, 1.54) is 24.3 Å². The van der Waals surface area contributed by atoms with Crippen molar-refractivity contribution in [1.29, 1.82) is 0 Å². The van der Waals surface area contributed by atoms with Crippen LogP contribution in [0.1, 0.15) is 63.2 Å². The highest BCUT2D eigenvalue weighted by atomic mass is 32.2. The average molecular weight is 353 g/mol. The van der Waals surface area contributed by atoms with Gasteiger partial charge in [-0.05, 0) is 55.2 Å². The fourth-order valence-corrected chi connectivity index (χ4v) is 4.74. The van der Waals surface area contributed by atoms with Crippen molar-refractivity contribution < 1.29 is 13.2 Å². The molecule has 1 aromatic carbocycles. The van der Waals surface area contributed by atoms with Crippen molar-refractivity contribution in [2.45, 2.75) is 63.8 Å². The number of rotatable bonds is 6. The first-order valence-electron chi connectivity index (χ1n) is 8.58. The number of sulfonamides is 1. The normalized spacial score (nSPS) is 22.3. The Bertz CT molecular complexity index is 690. The van der Waals surface area contributed by atoms with Gasteiger partial charge in [-0.3, -0.25) is 4.79 Å². The van der Waals surface area contributed by atoms with Crippen LogP contribution in [0.25, 0.3) is 0 Å². The van der Waals surface area contributed by atoms with E-state index in [1.54, 1.807) is 0 Å². The highest BCUT2D eigenvalue weighted by molar-refractivity contribution is 7.89. The Balaban J connectivity index is 2.04. The number of benzene rings is 1. The summed E-state index contributed by atoms with van der Waals surface area (Å²) in [5.41, 5.74) is 5.73. The second-order valence-corrected chi connectivity index (χ2v) is 9.12. The minimum atomic E-state index is -3.63. The molecule has 0 aliphatic heterocycles. The van der Waals surface area contributed by atoms with Crippen LogP contribution in [-0.2, 0) is 10.0 Å². The highest BCUT2D eigenvalue weighted by Gasteiger charge is 2.33. The van der Waals surface area contributed by atoms with E-state index in [1.807, 2.05) is 0 Å². The molecule has 6 heteroatoms. The minimum absolute atomic E-state index is 0.0452. The molecule has 2 rings (SSSR count). The fraction of sp³-hybridized carbons (Fsp3) is 0.611. The molecule has 134 valence electrons. The van der Waals surface area contributed by atoms with Crippen LogP contribution < -0.4 is 10.5 Å². The van der Waals surface area contributed by atoms with Crippen molar-refractivity contribution >= 4 is 15.9 Å². The van der Waals surface area contributed by atoms with Crippen LogP contribution in [0.4, 0.5) is 0 Å². The Morgan fingerprint density at radius 1 is 1.25 bits per heavy atom. The van der Waals surface area contributed by atoms with Crippen molar-refractivity contribution in [2.75, 3.05) is 0 Å². The third-order valence-corrected chi connectivity index (χ3v) is 7.01. The molecule has 0 radical (unpaired) electrons. The Labute approximate surface area is 145 Å². The van der Waals surface area contributed by atoms with Gasteiger partial charge in [0.2, 0.25) is 15.9 Å². The third-order valence-electron chi connectivity index (χ3n) is 5.49. The Morgan fingerprint density at radius 2 is 1.88 bits per heavy atom. The maximum absolute atomic E-state index is 12.5. The zero-order valence-corrected chi connectivity index (χ0v) is 15.5. The largest absolute Gasteiger partial charge is 0.366 e. The molecular weight excluding hydrogens is 324 g/mol. The van der Waals surface area contributed by atoms with E-state index in [4.69, 9.17) is 5.73 Å². The molecule has 1 fully saturated rings. The van der Waals surface area contributed by atoms with Crippen molar-refractivity contribution in [2.24, 2.45) is 17.1 Å². The predicted octanol–water partition coefficient (Wildman–Crippen LogP) is 3.06. The molecule has 0 saturated heterocycles. The lowest BCUT2D eigenvalue weighted by Crippen LogP contribution is -2.39. The molecule has 1 saturated carbocycles. The summed E-state index contributed by atoms with van der Waals surface area (Å²) in [5, 5.41) is 0. The minimum Gasteiger partial charge on any atom is -0.366 e. The van der Waals surface area contributed by atoms with Gasteiger partial charge < -0.3 is 5.73 Å². The van der Waals surface area contributed by atoms with Gasteiger partial charge in [0.15, 0.2) is 0 Å². The number of nitrogens with two attached hydrogens (primary N) is 1. The van der Waals surface area contributed by atoms with Gasteiger partial charge in [0.1, 0.15) is 0 Å². The van der Waals surface area contributed by atoms with Gasteiger partial charge >= 0.3 is 0 Å². The molecule has 0 bridgehead atoms. The van der Waals surface area contributed by atoms with Crippen LogP contribution in [0.5, 0.6) is 0 Å². The van der Waals surface area contributed by atoms with Crippen molar-refractivity contribution in [1.82, 2.24) is 4.72 Å². The summed E-state index contributed by atoms with van der Waals surface area (Å²) >= 11 is 0. The predicted molar refractivity (Wildman–Crippen MR) is 95.1 cm³/mol. The molecule has 1 aliphatic rings. The number of amides is 1. The summed E-state index contributed by atoms with van der Waals surface area (Å²) < 4.78 is 27.9. The molecular formula is C18H28N2O3S. The van der Waals surface area contributed by atoms with Gasteiger partial charge in [0.05, 0.1) is 4.90 Å². The number of nitrogens with one attached hydrogen (secondary N) is 1. The van der Waals surface area contributed by atoms with Gasteiger partial charge in [-0.1, -0.05) is 33.3 Å². The molecule has 0 unspecified atom stereocenters. The maximum Gasteiger partial charge on any atom is 0.248 e. The first kappa shape index (κ1) is 18.9. The number of hydrogen-bond acceptors (Lipinski definition) is 3. The number of hydrogen-bond donors (Lipinski definition) is 2. The summed E-state index contributed by atoms with van der Waals surface area (Å²) in [5.74, 6) is 0.01000. The lowest BCUT2D eigenvalue weighted by molar-refractivity contribution is 0.1000. The lowest BCUT2D eigenvalue weighted by atomic mass is 9.69. The second-order valence-electron chi connectivity index (χ2n) is 7.40. The summed E-state index contributed by atoms with van der Waals surface area (Å²) in [6, 6.07) is 5.82. The smallest absolute Gasteiger partial charge is 0.248 e. The molecule has 1 amide bonds. The van der Waals surface area contributed by atoms with E-state index in [0.717, 1.165) is 32.1 Å². The SMILES string of the molecule is CCC(C)(C)C1CCC(NS(=O)(=O)c2cccc(C(N)=O)c2)CC1. The molecule has 0 atom stereocenters. The fourth-order valence-electron chi connectivity index (χ4n) is 3.39. The highest BCUT2D eigenvalue weighted by Crippen LogP contribution is 2.40. The summed E-state index contributed by atoms with van der Waals surface area (Å²) in [6.45, 7) is 6.79. The van der Waals surface area contributed by atoms with Crippen LogP contribution in [0.3, 0.4) is 0 Å². The maximum atomic E-state index is 12.5. The average Bonchev–Trinajstić information content (AvgIpc) is 2.55. The molecule has 5 nitrogen and oxygen atoms in total. The summed E-state index contributed by atoms with van der Waals surface area (Å²) in [7, 11) is -3.63. The van der Waals surface area contributed by atoms with Gasteiger partial charge in [-0.2, -0.15) is 0 Å². The second kappa shape index (κ2) is 7.23. The molecule has 24 heavy (non-hydrogen) atoms. The quantitative estimate of drug-likeness (QED) is 0.824. The lowest BCUT2D eigenvalue weighted by Gasteiger charge is -2.39. The van der Waals surface area contributed by atoms with Crippen LogP contribution in [-0.4, -0.2) is 20.4 Å². The number of carbonyl (C=O) groups excluding carboxylic acids is 1. The molecule has 0 aromatic heterocycles. The standard InChI is InChI=1S/C18H28N2O3S/c1-4-18(2,3)14-8-10-15(11-9-14)20-24(22,23)16-7-5-6-13(12-16)17(19)21/h5-7,12,14-15,20H,4,8-11H2,1-3H3,(H2,19,21). The van der Waals surface area contributed by atoms with E-state index in [0.29, 0.717) is 11.3 Å². The zero-order valence-electron chi connectivity index (χ0n) is 14.7. The van der Waals surface area contributed by atoms with Crippen LogP contribution in [0.2, 0.25) is 0 Å². The Hall–Kier alpha value is -1.40. The number of primary amides is 1. The van der Waals surface area contributed by atoms with Crippen LogP contribution in [0, 0.1) is 11.3 Å². The Morgan fingerprint density at radius 3 is 2.42 bits per heavy atom. The topological polar surface area (TPSA) is 89.3 Å². The van der Waals surface area contributed by atoms with Crippen molar-refractivity contribution in [3.8, 4) is 0 Å². The van der Waals surface area contributed by atoms with Crippen molar-refractivity contribution in [3.63, 3.8) is 0 Å². The first-order valence-corrected chi connectivity index (χ1v) is 10.1. The molecule has 0 heterocycles. The van der Waals surface area contributed by atoms with Gasteiger partial charge in [-0.15, -0.1) is 0 Å². The van der Waals surface area contributed by atoms with E-state index in [-0.39, 0.29) is 16.5 Å². The molecule has 0 spiro atoms. The molecule has 1 aromatic rings. The summed E-state index contributed by atoms with van der Waals surface area (Å²) in [4.78, 5) is 11.3. The molecule has 1 aliphatic carbocycles. The van der Waals surface area contributed by atoms with Crippen molar-refractivity contribution in [3.05, 3.63) is 29.8 Å². The third kappa shape index (κ3) is 4.36. The van der Waals surface area contributed by atoms with Gasteiger partial charge in [0, 0.05) is 11.6 Å². The van der Waals surface area contributed by atoms with Gasteiger partial charge in [-0.25, -0.2) is 13.1 Å². The van der Waals surface area contributed by atoms with Crippen LogP contribution in [0.15, 0.2) is 29.2 Å². The number of carbonyl (C=O) groups is 1. The first-order chi connectivity index (χ1) is 11.2.